The number of aromatic nitrogens is 2. The quantitative estimate of drug-likeness (QED) is 0.517. The van der Waals surface area contributed by atoms with E-state index in [2.05, 4.69) is 16.9 Å². The lowest BCUT2D eigenvalue weighted by Gasteiger charge is -2.17. The Bertz CT molecular complexity index is 1140. The molecular formula is C19H18FN3O4S. The van der Waals surface area contributed by atoms with Gasteiger partial charge in [0.2, 0.25) is 5.75 Å². The lowest BCUT2D eigenvalue weighted by atomic mass is 9.89. The maximum Gasteiger partial charge on any atom is 0.311 e. The fraction of sp³-hybridized carbons (Fsp3) is 0.368. The van der Waals surface area contributed by atoms with Gasteiger partial charge in [0.15, 0.2) is 11.9 Å². The number of thiophene rings is 1. The molecule has 0 amide bonds. The zero-order valence-corrected chi connectivity index (χ0v) is 16.1. The zero-order valence-electron chi connectivity index (χ0n) is 15.3. The van der Waals surface area contributed by atoms with Crippen LogP contribution in [-0.2, 0) is 12.8 Å². The minimum absolute atomic E-state index is 0.209. The van der Waals surface area contributed by atoms with Crippen molar-refractivity contribution in [1.29, 1.82) is 0 Å². The molecule has 0 saturated carbocycles. The summed E-state index contributed by atoms with van der Waals surface area (Å²) < 4.78 is 19.1. The molecule has 0 aliphatic heterocycles. The van der Waals surface area contributed by atoms with E-state index < -0.39 is 16.8 Å². The highest BCUT2D eigenvalue weighted by Gasteiger charge is 2.25. The smallest absolute Gasteiger partial charge is 0.311 e. The number of benzene rings is 1. The standard InChI is InChI=1S/C19H18FN3O4S/c1-9-3-5-12-15(7-9)28-19-16(12)18(24)21-17(22-19)10(2)27-14-8-11(20)4-6-13(14)23(25)26/h4,6,8-10H,3,5,7H2,1-2H3,(H,21,22,24)/t9-,10-/m0/s1. The number of nitrogens with one attached hydrogen (secondary N) is 1. The number of ether oxygens (including phenoxy) is 1. The highest BCUT2D eigenvalue weighted by atomic mass is 32.1. The molecular weight excluding hydrogens is 385 g/mol. The van der Waals surface area contributed by atoms with Crippen molar-refractivity contribution in [2.24, 2.45) is 5.92 Å². The number of hydrogen-bond donors (Lipinski definition) is 1. The number of rotatable bonds is 4. The molecule has 0 spiro atoms. The van der Waals surface area contributed by atoms with Crippen LogP contribution < -0.4 is 10.3 Å². The highest BCUT2D eigenvalue weighted by Crippen LogP contribution is 2.36. The molecule has 9 heteroatoms. The van der Waals surface area contributed by atoms with Crippen molar-refractivity contribution in [3.63, 3.8) is 0 Å². The van der Waals surface area contributed by atoms with Crippen LogP contribution in [0.4, 0.5) is 10.1 Å². The van der Waals surface area contributed by atoms with Gasteiger partial charge >= 0.3 is 5.69 Å². The highest BCUT2D eigenvalue weighted by molar-refractivity contribution is 7.18. The number of aryl methyl sites for hydroxylation is 1. The second kappa shape index (κ2) is 6.97. The van der Waals surface area contributed by atoms with E-state index in [1.807, 2.05) is 0 Å². The summed E-state index contributed by atoms with van der Waals surface area (Å²) in [5.41, 5.74) is 0.487. The number of hydrogen-bond acceptors (Lipinski definition) is 6. The minimum Gasteiger partial charge on any atom is -0.476 e. The van der Waals surface area contributed by atoms with Gasteiger partial charge in [0.25, 0.3) is 5.56 Å². The Hall–Kier alpha value is -2.81. The first kappa shape index (κ1) is 18.5. The molecule has 1 aliphatic carbocycles. The number of aromatic amines is 1. The average Bonchev–Trinajstić information content (AvgIpc) is 2.99. The summed E-state index contributed by atoms with van der Waals surface area (Å²) in [6, 6.07) is 3.00. The van der Waals surface area contributed by atoms with Crippen molar-refractivity contribution < 1.29 is 14.1 Å². The fourth-order valence-corrected chi connectivity index (χ4v) is 4.93. The van der Waals surface area contributed by atoms with Gasteiger partial charge in [-0.1, -0.05) is 6.92 Å². The molecule has 28 heavy (non-hydrogen) atoms. The van der Waals surface area contributed by atoms with E-state index in [0.717, 1.165) is 43.0 Å². The summed E-state index contributed by atoms with van der Waals surface area (Å²) >= 11 is 1.51. The zero-order chi connectivity index (χ0) is 20.0. The Balaban J connectivity index is 1.71. The van der Waals surface area contributed by atoms with Gasteiger partial charge in [-0.2, -0.15) is 0 Å². The predicted molar refractivity (Wildman–Crippen MR) is 104 cm³/mol. The van der Waals surface area contributed by atoms with Crippen LogP contribution in [0.25, 0.3) is 10.2 Å². The monoisotopic (exact) mass is 403 g/mol. The van der Waals surface area contributed by atoms with E-state index in [0.29, 0.717) is 16.1 Å². The van der Waals surface area contributed by atoms with Crippen molar-refractivity contribution in [2.45, 2.75) is 39.2 Å². The first-order valence-corrected chi connectivity index (χ1v) is 9.80. The van der Waals surface area contributed by atoms with Crippen molar-refractivity contribution in [3.8, 4) is 5.75 Å². The fourth-order valence-electron chi connectivity index (χ4n) is 3.54. The average molecular weight is 403 g/mol. The molecule has 2 heterocycles. The van der Waals surface area contributed by atoms with Crippen LogP contribution in [0.2, 0.25) is 0 Å². The summed E-state index contributed by atoms with van der Waals surface area (Å²) in [7, 11) is 0. The van der Waals surface area contributed by atoms with E-state index in [-0.39, 0.29) is 22.8 Å². The molecule has 146 valence electrons. The lowest BCUT2D eigenvalue weighted by Crippen LogP contribution is -2.17. The van der Waals surface area contributed by atoms with E-state index in [1.165, 1.54) is 16.2 Å². The van der Waals surface area contributed by atoms with Crippen molar-refractivity contribution in [1.82, 2.24) is 9.97 Å². The Morgan fingerprint density at radius 1 is 1.46 bits per heavy atom. The Kier molecular flexibility index (Phi) is 4.62. The number of nitrogens with zero attached hydrogens (tertiary/aromatic N) is 2. The van der Waals surface area contributed by atoms with Gasteiger partial charge in [-0.25, -0.2) is 9.37 Å². The second-order valence-electron chi connectivity index (χ2n) is 7.11. The third-order valence-corrected chi connectivity index (χ3v) is 6.14. The van der Waals surface area contributed by atoms with Crippen LogP contribution in [0.1, 0.15) is 42.6 Å². The normalized spacial score (nSPS) is 17.3. The van der Waals surface area contributed by atoms with Crippen molar-refractivity contribution in [2.75, 3.05) is 0 Å². The summed E-state index contributed by atoms with van der Waals surface area (Å²) in [6.07, 6.45) is 2.05. The number of H-pyrrole nitrogens is 1. The van der Waals surface area contributed by atoms with Gasteiger partial charge in [0.05, 0.1) is 10.3 Å². The van der Waals surface area contributed by atoms with Crippen LogP contribution in [0.3, 0.4) is 0 Å². The maximum atomic E-state index is 13.5. The molecule has 1 N–H and O–H groups in total. The summed E-state index contributed by atoms with van der Waals surface area (Å²) in [5.74, 6) is -0.0260. The van der Waals surface area contributed by atoms with E-state index >= 15 is 0 Å². The maximum absolute atomic E-state index is 13.5. The van der Waals surface area contributed by atoms with Gasteiger partial charge in [0, 0.05) is 17.0 Å². The van der Waals surface area contributed by atoms with Crippen LogP contribution >= 0.6 is 11.3 Å². The van der Waals surface area contributed by atoms with Crippen LogP contribution in [0, 0.1) is 21.8 Å². The molecule has 4 rings (SSSR count). The molecule has 3 aromatic rings. The van der Waals surface area contributed by atoms with Crippen LogP contribution in [0.15, 0.2) is 23.0 Å². The van der Waals surface area contributed by atoms with Gasteiger partial charge in [-0.15, -0.1) is 11.3 Å². The van der Waals surface area contributed by atoms with Crippen LogP contribution in [-0.4, -0.2) is 14.9 Å². The molecule has 0 radical (unpaired) electrons. The Morgan fingerprint density at radius 2 is 2.25 bits per heavy atom. The van der Waals surface area contributed by atoms with Crippen molar-refractivity contribution in [3.05, 3.63) is 60.7 Å². The van der Waals surface area contributed by atoms with Gasteiger partial charge in [-0.05, 0) is 43.7 Å². The van der Waals surface area contributed by atoms with Crippen molar-refractivity contribution >= 4 is 27.2 Å². The Labute approximate surface area is 163 Å². The number of nitro groups is 1. The minimum atomic E-state index is -0.796. The topological polar surface area (TPSA) is 98.1 Å². The molecule has 7 nitrogen and oxygen atoms in total. The first-order valence-electron chi connectivity index (χ1n) is 8.98. The van der Waals surface area contributed by atoms with E-state index in [9.17, 15) is 19.3 Å². The summed E-state index contributed by atoms with van der Waals surface area (Å²) in [4.78, 5) is 32.3. The Morgan fingerprint density at radius 3 is 3.00 bits per heavy atom. The molecule has 0 bridgehead atoms. The molecule has 1 aromatic carbocycles. The van der Waals surface area contributed by atoms with E-state index in [1.54, 1.807) is 6.92 Å². The molecule has 0 saturated heterocycles. The SMILES string of the molecule is C[C@H]1CCc2c(sc3nc([C@H](C)Oc4cc(F)ccc4[N+](=O)[O-])[nH]c(=O)c23)C1. The lowest BCUT2D eigenvalue weighted by molar-refractivity contribution is -0.386. The third kappa shape index (κ3) is 3.26. The second-order valence-corrected chi connectivity index (χ2v) is 8.20. The van der Waals surface area contributed by atoms with E-state index in [4.69, 9.17) is 4.74 Å². The van der Waals surface area contributed by atoms with Gasteiger partial charge < -0.3 is 9.72 Å². The first-order chi connectivity index (χ1) is 13.3. The molecule has 0 fully saturated rings. The number of halogens is 1. The molecule has 1 aliphatic rings. The van der Waals surface area contributed by atoms with Gasteiger partial charge in [-0.3, -0.25) is 14.9 Å². The summed E-state index contributed by atoms with van der Waals surface area (Å²) in [5, 5.41) is 11.8. The predicted octanol–water partition coefficient (Wildman–Crippen LogP) is 4.30. The molecule has 2 aromatic heterocycles. The summed E-state index contributed by atoms with van der Waals surface area (Å²) in [6.45, 7) is 3.80. The van der Waals surface area contributed by atoms with Crippen LogP contribution in [0.5, 0.6) is 5.75 Å². The van der Waals surface area contributed by atoms with Gasteiger partial charge in [0.1, 0.15) is 10.6 Å². The largest absolute Gasteiger partial charge is 0.476 e. The molecule has 2 atom stereocenters. The third-order valence-electron chi connectivity index (χ3n) is 4.99. The number of nitro benzene ring substituents is 1. The number of fused-ring (bicyclic) bond motifs is 3. The molecule has 0 unspecified atom stereocenters.